The van der Waals surface area contributed by atoms with Gasteiger partial charge >= 0.3 is 0 Å². The van der Waals surface area contributed by atoms with Crippen molar-refractivity contribution in [3.63, 3.8) is 0 Å². The maximum Gasteiger partial charge on any atom is 0.220 e. The molecule has 4 heteroatoms. The normalized spacial score (nSPS) is 18.9. The largest absolute Gasteiger partial charge is 0.393 e. The fraction of sp³-hybridized carbons (Fsp3) is 0.929. The molecule has 0 aliphatic carbocycles. The Bertz CT molecular complexity index is 238. The number of hydrogen-bond donors (Lipinski definition) is 3. The SMILES string of the molecule is CC(C)C(O)CCNC(=O)CCC1CCNCC1. The van der Waals surface area contributed by atoms with Gasteiger partial charge in [0.05, 0.1) is 6.10 Å². The van der Waals surface area contributed by atoms with Crippen LogP contribution in [0.4, 0.5) is 0 Å². The molecule has 1 saturated heterocycles. The summed E-state index contributed by atoms with van der Waals surface area (Å²) in [5.41, 5.74) is 0. The Balaban J connectivity index is 2.03. The van der Waals surface area contributed by atoms with Crippen LogP contribution in [0.1, 0.15) is 46.0 Å². The molecule has 1 unspecified atom stereocenters. The highest BCUT2D eigenvalue weighted by Gasteiger charge is 2.14. The van der Waals surface area contributed by atoms with E-state index < -0.39 is 0 Å². The number of rotatable bonds is 7. The highest BCUT2D eigenvalue weighted by atomic mass is 16.3. The molecule has 1 heterocycles. The van der Waals surface area contributed by atoms with Crippen LogP contribution >= 0.6 is 0 Å². The average Bonchev–Trinajstić information content (AvgIpc) is 2.37. The van der Waals surface area contributed by atoms with Crippen molar-refractivity contribution in [3.8, 4) is 0 Å². The van der Waals surface area contributed by atoms with Gasteiger partial charge in [0.25, 0.3) is 0 Å². The summed E-state index contributed by atoms with van der Waals surface area (Å²) in [4.78, 5) is 11.6. The van der Waals surface area contributed by atoms with Gasteiger partial charge in [-0.3, -0.25) is 4.79 Å². The van der Waals surface area contributed by atoms with Crippen LogP contribution in [-0.4, -0.2) is 36.8 Å². The zero-order valence-corrected chi connectivity index (χ0v) is 11.7. The number of nitrogens with one attached hydrogen (secondary N) is 2. The van der Waals surface area contributed by atoms with Crippen molar-refractivity contribution in [2.75, 3.05) is 19.6 Å². The standard InChI is InChI=1S/C14H28N2O2/c1-11(2)13(17)7-10-16-14(18)4-3-12-5-8-15-9-6-12/h11-13,15,17H,3-10H2,1-2H3,(H,16,18). The Labute approximate surface area is 111 Å². The first-order chi connectivity index (χ1) is 8.59. The van der Waals surface area contributed by atoms with E-state index in [1.165, 1.54) is 12.8 Å². The van der Waals surface area contributed by atoms with Crippen molar-refractivity contribution >= 4 is 5.91 Å². The van der Waals surface area contributed by atoms with Gasteiger partial charge in [-0.1, -0.05) is 13.8 Å². The molecule has 3 N–H and O–H groups in total. The molecular formula is C14H28N2O2. The zero-order valence-electron chi connectivity index (χ0n) is 11.7. The molecule has 0 radical (unpaired) electrons. The summed E-state index contributed by atoms with van der Waals surface area (Å²) in [6.07, 6.45) is 4.35. The fourth-order valence-electron chi connectivity index (χ4n) is 2.29. The van der Waals surface area contributed by atoms with Gasteiger partial charge in [-0.2, -0.15) is 0 Å². The molecule has 0 aromatic rings. The first-order valence-corrected chi connectivity index (χ1v) is 7.25. The molecule has 0 aromatic heterocycles. The molecule has 0 bridgehead atoms. The summed E-state index contributed by atoms with van der Waals surface area (Å²) >= 11 is 0. The average molecular weight is 256 g/mol. The highest BCUT2D eigenvalue weighted by Crippen LogP contribution is 2.17. The molecule has 1 fully saturated rings. The number of hydrogen-bond acceptors (Lipinski definition) is 3. The first-order valence-electron chi connectivity index (χ1n) is 7.25. The van der Waals surface area contributed by atoms with Crippen LogP contribution in [0.2, 0.25) is 0 Å². The van der Waals surface area contributed by atoms with E-state index in [0.717, 1.165) is 19.5 Å². The predicted octanol–water partition coefficient (Wildman–Crippen LogP) is 1.29. The van der Waals surface area contributed by atoms with Crippen molar-refractivity contribution in [2.24, 2.45) is 11.8 Å². The Morgan fingerprint density at radius 3 is 2.67 bits per heavy atom. The van der Waals surface area contributed by atoms with E-state index in [1.54, 1.807) is 0 Å². The molecule has 1 atom stereocenters. The van der Waals surface area contributed by atoms with Crippen LogP contribution < -0.4 is 10.6 Å². The van der Waals surface area contributed by atoms with E-state index in [2.05, 4.69) is 10.6 Å². The third-order valence-electron chi connectivity index (χ3n) is 3.77. The molecule has 0 spiro atoms. The van der Waals surface area contributed by atoms with Gasteiger partial charge in [-0.25, -0.2) is 0 Å². The molecule has 1 aliphatic heterocycles. The topological polar surface area (TPSA) is 61.4 Å². The smallest absolute Gasteiger partial charge is 0.220 e. The molecular weight excluding hydrogens is 228 g/mol. The van der Waals surface area contributed by atoms with Crippen LogP contribution in [-0.2, 0) is 4.79 Å². The number of amides is 1. The summed E-state index contributed by atoms with van der Waals surface area (Å²) in [6.45, 7) is 6.75. The summed E-state index contributed by atoms with van der Waals surface area (Å²) in [6, 6.07) is 0. The maximum absolute atomic E-state index is 11.6. The van der Waals surface area contributed by atoms with E-state index >= 15 is 0 Å². The number of piperidine rings is 1. The summed E-state index contributed by atoms with van der Waals surface area (Å²) in [5.74, 6) is 1.10. The molecule has 18 heavy (non-hydrogen) atoms. The van der Waals surface area contributed by atoms with Gasteiger partial charge in [-0.15, -0.1) is 0 Å². The van der Waals surface area contributed by atoms with Crippen molar-refractivity contribution in [3.05, 3.63) is 0 Å². The van der Waals surface area contributed by atoms with E-state index in [-0.39, 0.29) is 17.9 Å². The van der Waals surface area contributed by atoms with Crippen LogP contribution in [0, 0.1) is 11.8 Å². The molecule has 106 valence electrons. The Hall–Kier alpha value is -0.610. The van der Waals surface area contributed by atoms with Crippen molar-refractivity contribution in [1.29, 1.82) is 0 Å². The lowest BCUT2D eigenvalue weighted by Crippen LogP contribution is -2.31. The zero-order chi connectivity index (χ0) is 13.4. The van der Waals surface area contributed by atoms with Gasteiger partial charge in [0.15, 0.2) is 0 Å². The monoisotopic (exact) mass is 256 g/mol. The summed E-state index contributed by atoms with van der Waals surface area (Å²) < 4.78 is 0. The van der Waals surface area contributed by atoms with Crippen LogP contribution in [0.5, 0.6) is 0 Å². The van der Waals surface area contributed by atoms with Gasteiger partial charge in [0.1, 0.15) is 0 Å². The van der Waals surface area contributed by atoms with Crippen LogP contribution in [0.25, 0.3) is 0 Å². The van der Waals surface area contributed by atoms with Crippen molar-refractivity contribution in [1.82, 2.24) is 10.6 Å². The molecule has 1 rings (SSSR count). The Morgan fingerprint density at radius 1 is 1.39 bits per heavy atom. The second-order valence-corrected chi connectivity index (χ2v) is 5.68. The fourth-order valence-corrected chi connectivity index (χ4v) is 2.29. The third-order valence-corrected chi connectivity index (χ3v) is 3.77. The Kier molecular flexibility index (Phi) is 7.28. The minimum Gasteiger partial charge on any atom is -0.393 e. The molecule has 1 amide bonds. The lowest BCUT2D eigenvalue weighted by Gasteiger charge is -2.22. The predicted molar refractivity (Wildman–Crippen MR) is 73.3 cm³/mol. The number of aliphatic hydroxyl groups excluding tert-OH is 1. The summed E-state index contributed by atoms with van der Waals surface area (Å²) in [5, 5.41) is 15.8. The minimum absolute atomic E-state index is 0.129. The number of carbonyl (C=O) groups is 1. The maximum atomic E-state index is 11.6. The van der Waals surface area contributed by atoms with Gasteiger partial charge in [0.2, 0.25) is 5.91 Å². The molecule has 0 aromatic carbocycles. The van der Waals surface area contributed by atoms with Gasteiger partial charge in [-0.05, 0) is 50.6 Å². The lowest BCUT2D eigenvalue weighted by atomic mass is 9.93. The number of aliphatic hydroxyl groups is 1. The van der Waals surface area contributed by atoms with Gasteiger partial charge in [0, 0.05) is 13.0 Å². The quantitative estimate of drug-likeness (QED) is 0.643. The molecule has 1 aliphatic rings. The second kappa shape index (κ2) is 8.48. The lowest BCUT2D eigenvalue weighted by molar-refractivity contribution is -0.121. The van der Waals surface area contributed by atoms with Crippen LogP contribution in [0.3, 0.4) is 0 Å². The molecule has 4 nitrogen and oxygen atoms in total. The van der Waals surface area contributed by atoms with E-state index in [1.807, 2.05) is 13.8 Å². The van der Waals surface area contributed by atoms with Crippen molar-refractivity contribution in [2.45, 2.75) is 52.1 Å². The third kappa shape index (κ3) is 6.36. The van der Waals surface area contributed by atoms with Gasteiger partial charge < -0.3 is 15.7 Å². The highest BCUT2D eigenvalue weighted by molar-refractivity contribution is 5.75. The van der Waals surface area contributed by atoms with Crippen molar-refractivity contribution < 1.29 is 9.90 Å². The molecule has 0 saturated carbocycles. The second-order valence-electron chi connectivity index (χ2n) is 5.68. The number of carbonyl (C=O) groups excluding carboxylic acids is 1. The van der Waals surface area contributed by atoms with E-state index in [9.17, 15) is 9.90 Å². The summed E-state index contributed by atoms with van der Waals surface area (Å²) in [7, 11) is 0. The first kappa shape index (κ1) is 15.4. The van der Waals surface area contributed by atoms with E-state index in [4.69, 9.17) is 0 Å². The Morgan fingerprint density at radius 2 is 2.06 bits per heavy atom. The van der Waals surface area contributed by atoms with E-state index in [0.29, 0.717) is 25.3 Å². The van der Waals surface area contributed by atoms with Crippen LogP contribution in [0.15, 0.2) is 0 Å². The minimum atomic E-state index is -0.310.